The lowest BCUT2D eigenvalue weighted by molar-refractivity contribution is 0.675. The molecule has 1 unspecified atom stereocenters. The van der Waals surface area contributed by atoms with Gasteiger partial charge < -0.3 is 5.32 Å². The molecule has 0 radical (unpaired) electrons. The fourth-order valence-electron chi connectivity index (χ4n) is 2.14. The van der Waals surface area contributed by atoms with Crippen molar-refractivity contribution in [1.82, 2.24) is 9.78 Å². The first-order chi connectivity index (χ1) is 10.0. The summed E-state index contributed by atoms with van der Waals surface area (Å²) in [5.41, 5.74) is 3.16. The molecule has 0 aliphatic heterocycles. The zero-order valence-electron chi connectivity index (χ0n) is 12.6. The van der Waals surface area contributed by atoms with E-state index >= 15 is 0 Å². The number of nitrogens with zero attached hydrogens (tertiary/aromatic N) is 2. The molecule has 0 aliphatic rings. The van der Waals surface area contributed by atoms with Crippen LogP contribution in [0.5, 0.6) is 0 Å². The van der Waals surface area contributed by atoms with Crippen molar-refractivity contribution in [2.24, 2.45) is 7.05 Å². The smallest absolute Gasteiger partial charge is 0.282 e. The Labute approximate surface area is 133 Å². The third-order valence-electron chi connectivity index (χ3n) is 3.53. The predicted octanol–water partition coefficient (Wildman–Crippen LogP) is 3.28. The van der Waals surface area contributed by atoms with Crippen LogP contribution in [0.1, 0.15) is 24.5 Å². The molecule has 1 N–H and O–H groups in total. The Hall–Kier alpha value is -1.62. The molecule has 1 aromatic carbocycles. The number of anilines is 1. The van der Waals surface area contributed by atoms with Crippen molar-refractivity contribution in [3.8, 4) is 0 Å². The number of halogens is 1. The standard InChI is InChI=1S/C16H20BrN3O/c1-4-13(9-12-7-5-11(2)6-8-12)19-14-10-18-20(3)16(21)15(14)17/h5-8,10,13,19H,4,9H2,1-3H3. The van der Waals surface area contributed by atoms with Gasteiger partial charge >= 0.3 is 0 Å². The highest BCUT2D eigenvalue weighted by Crippen LogP contribution is 2.19. The molecular weight excluding hydrogens is 330 g/mol. The molecule has 4 nitrogen and oxygen atoms in total. The van der Waals surface area contributed by atoms with Crippen molar-refractivity contribution >= 4 is 21.6 Å². The maximum atomic E-state index is 11.9. The molecule has 1 atom stereocenters. The summed E-state index contributed by atoms with van der Waals surface area (Å²) in [5.74, 6) is 0. The minimum atomic E-state index is -0.134. The van der Waals surface area contributed by atoms with Crippen LogP contribution < -0.4 is 10.9 Å². The predicted molar refractivity (Wildman–Crippen MR) is 89.8 cm³/mol. The Morgan fingerprint density at radius 1 is 1.33 bits per heavy atom. The third-order valence-corrected chi connectivity index (χ3v) is 4.30. The first-order valence-corrected chi connectivity index (χ1v) is 7.84. The minimum absolute atomic E-state index is 0.134. The average Bonchev–Trinajstić information content (AvgIpc) is 2.49. The molecule has 0 fully saturated rings. The molecular formula is C16H20BrN3O. The van der Waals surface area contributed by atoms with E-state index < -0.39 is 0 Å². The van der Waals surface area contributed by atoms with Gasteiger partial charge in [-0.2, -0.15) is 5.10 Å². The van der Waals surface area contributed by atoms with Gasteiger partial charge in [-0.15, -0.1) is 0 Å². The lowest BCUT2D eigenvalue weighted by Crippen LogP contribution is -2.26. The molecule has 0 bridgehead atoms. The monoisotopic (exact) mass is 349 g/mol. The number of benzene rings is 1. The Kier molecular flexibility index (Phi) is 5.17. The highest BCUT2D eigenvalue weighted by molar-refractivity contribution is 9.10. The first-order valence-electron chi connectivity index (χ1n) is 7.05. The quantitative estimate of drug-likeness (QED) is 0.900. The van der Waals surface area contributed by atoms with E-state index in [-0.39, 0.29) is 11.6 Å². The van der Waals surface area contributed by atoms with Gasteiger partial charge in [0.15, 0.2) is 0 Å². The van der Waals surface area contributed by atoms with E-state index in [0.717, 1.165) is 18.5 Å². The second kappa shape index (κ2) is 6.89. The van der Waals surface area contributed by atoms with Crippen LogP contribution in [-0.4, -0.2) is 15.8 Å². The summed E-state index contributed by atoms with van der Waals surface area (Å²) in [6.07, 6.45) is 3.57. The molecule has 2 rings (SSSR count). The van der Waals surface area contributed by atoms with Crippen LogP contribution in [0.15, 0.2) is 39.7 Å². The Morgan fingerprint density at radius 3 is 2.62 bits per heavy atom. The van der Waals surface area contributed by atoms with Crippen molar-refractivity contribution in [2.45, 2.75) is 32.7 Å². The number of hydrogen-bond donors (Lipinski definition) is 1. The van der Waals surface area contributed by atoms with E-state index in [1.54, 1.807) is 13.2 Å². The van der Waals surface area contributed by atoms with Crippen molar-refractivity contribution in [3.05, 3.63) is 56.4 Å². The normalized spacial score (nSPS) is 12.2. The Balaban J connectivity index is 2.14. The molecule has 112 valence electrons. The van der Waals surface area contributed by atoms with Crippen LogP contribution in [0.3, 0.4) is 0 Å². The van der Waals surface area contributed by atoms with Gasteiger partial charge in [-0.05, 0) is 41.3 Å². The zero-order valence-corrected chi connectivity index (χ0v) is 14.1. The summed E-state index contributed by atoms with van der Waals surface area (Å²) in [7, 11) is 1.64. The maximum absolute atomic E-state index is 11.9. The number of rotatable bonds is 5. The lowest BCUT2D eigenvalue weighted by Gasteiger charge is -2.19. The highest BCUT2D eigenvalue weighted by Gasteiger charge is 2.12. The third kappa shape index (κ3) is 3.94. The Bertz CT molecular complexity index is 664. The fraction of sp³-hybridized carbons (Fsp3) is 0.375. The molecule has 5 heteroatoms. The fourth-order valence-corrected chi connectivity index (χ4v) is 2.61. The van der Waals surface area contributed by atoms with Crippen LogP contribution >= 0.6 is 15.9 Å². The van der Waals surface area contributed by atoms with Gasteiger partial charge in [-0.25, -0.2) is 4.68 Å². The van der Waals surface area contributed by atoms with Crippen molar-refractivity contribution in [2.75, 3.05) is 5.32 Å². The number of nitrogens with one attached hydrogen (secondary N) is 1. The summed E-state index contributed by atoms with van der Waals surface area (Å²) in [4.78, 5) is 11.9. The van der Waals surface area contributed by atoms with E-state index in [0.29, 0.717) is 4.47 Å². The molecule has 0 saturated heterocycles. The number of aromatic nitrogens is 2. The minimum Gasteiger partial charge on any atom is -0.380 e. The van der Waals surface area contributed by atoms with Gasteiger partial charge in [0.05, 0.1) is 11.9 Å². The van der Waals surface area contributed by atoms with Crippen molar-refractivity contribution in [3.63, 3.8) is 0 Å². The van der Waals surface area contributed by atoms with Crippen LogP contribution in [0.4, 0.5) is 5.69 Å². The van der Waals surface area contributed by atoms with Gasteiger partial charge in [0.1, 0.15) is 4.47 Å². The first kappa shape index (κ1) is 15.8. The van der Waals surface area contributed by atoms with Gasteiger partial charge in [-0.3, -0.25) is 4.79 Å². The van der Waals surface area contributed by atoms with E-state index in [1.165, 1.54) is 15.8 Å². The molecule has 1 heterocycles. The van der Waals surface area contributed by atoms with Crippen LogP contribution in [0, 0.1) is 6.92 Å². The second-order valence-corrected chi connectivity index (χ2v) is 6.03. The highest BCUT2D eigenvalue weighted by atomic mass is 79.9. The van der Waals surface area contributed by atoms with Crippen LogP contribution in [0.25, 0.3) is 0 Å². The molecule has 0 aliphatic carbocycles. The van der Waals surface area contributed by atoms with E-state index in [2.05, 4.69) is 64.5 Å². The summed E-state index contributed by atoms with van der Waals surface area (Å²) in [6, 6.07) is 8.81. The van der Waals surface area contributed by atoms with Gasteiger partial charge in [0.25, 0.3) is 5.56 Å². The van der Waals surface area contributed by atoms with Crippen molar-refractivity contribution < 1.29 is 0 Å². The number of hydrogen-bond acceptors (Lipinski definition) is 3. The van der Waals surface area contributed by atoms with Gasteiger partial charge in [-0.1, -0.05) is 36.8 Å². The van der Waals surface area contributed by atoms with Crippen LogP contribution in [0.2, 0.25) is 0 Å². The van der Waals surface area contributed by atoms with E-state index in [4.69, 9.17) is 0 Å². The summed E-state index contributed by atoms with van der Waals surface area (Å²) in [5, 5.41) is 7.46. The molecule has 2 aromatic rings. The number of aryl methyl sites for hydroxylation is 2. The molecule has 1 aromatic heterocycles. The molecule has 0 amide bonds. The zero-order chi connectivity index (χ0) is 15.4. The topological polar surface area (TPSA) is 46.9 Å². The van der Waals surface area contributed by atoms with Gasteiger partial charge in [0, 0.05) is 13.1 Å². The molecule has 21 heavy (non-hydrogen) atoms. The van der Waals surface area contributed by atoms with E-state index in [9.17, 15) is 4.79 Å². The lowest BCUT2D eigenvalue weighted by atomic mass is 10.0. The Morgan fingerprint density at radius 2 is 2.00 bits per heavy atom. The second-order valence-electron chi connectivity index (χ2n) is 5.24. The van der Waals surface area contributed by atoms with E-state index in [1.807, 2.05) is 0 Å². The summed E-state index contributed by atoms with van der Waals surface area (Å²) >= 11 is 3.35. The molecule has 0 saturated carbocycles. The summed E-state index contributed by atoms with van der Waals surface area (Å²) in [6.45, 7) is 4.22. The summed E-state index contributed by atoms with van der Waals surface area (Å²) < 4.78 is 1.85. The van der Waals surface area contributed by atoms with Gasteiger partial charge in [0.2, 0.25) is 0 Å². The average molecular weight is 350 g/mol. The van der Waals surface area contributed by atoms with Crippen molar-refractivity contribution in [1.29, 1.82) is 0 Å². The SMILES string of the molecule is CCC(Cc1ccc(C)cc1)Nc1cnn(C)c(=O)c1Br. The maximum Gasteiger partial charge on any atom is 0.282 e. The molecule has 0 spiro atoms. The van der Waals surface area contributed by atoms with Crippen LogP contribution in [-0.2, 0) is 13.5 Å². The largest absolute Gasteiger partial charge is 0.380 e.